The molecule has 1 unspecified atom stereocenters. The van der Waals surface area contributed by atoms with Crippen LogP contribution in [0.25, 0.3) is 11.0 Å². The van der Waals surface area contributed by atoms with Gasteiger partial charge in [0.1, 0.15) is 23.0 Å². The van der Waals surface area contributed by atoms with Crippen LogP contribution >= 0.6 is 0 Å². The van der Waals surface area contributed by atoms with Crippen LogP contribution in [0.1, 0.15) is 39.2 Å². The lowest BCUT2D eigenvalue weighted by atomic mass is 10.1. The molecule has 1 fully saturated rings. The maximum atomic E-state index is 13.5. The van der Waals surface area contributed by atoms with Crippen molar-refractivity contribution in [1.82, 2.24) is 13.7 Å². The third-order valence-corrected chi connectivity index (χ3v) is 5.73. The van der Waals surface area contributed by atoms with Crippen molar-refractivity contribution in [1.29, 1.82) is 5.26 Å². The molecule has 1 aliphatic heterocycles. The summed E-state index contributed by atoms with van der Waals surface area (Å²) >= 11 is 0. The smallest absolute Gasteiger partial charge is 0.331 e. The molecule has 0 bridgehead atoms. The second-order valence-electron chi connectivity index (χ2n) is 8.24. The summed E-state index contributed by atoms with van der Waals surface area (Å²) in [5, 5.41) is 10.1. The molecule has 1 aliphatic rings. The summed E-state index contributed by atoms with van der Waals surface area (Å²) in [6.45, 7) is 8.56. The Morgan fingerprint density at radius 3 is 2.65 bits per heavy atom. The van der Waals surface area contributed by atoms with Crippen molar-refractivity contribution >= 4 is 16.9 Å². The molecule has 0 aromatic carbocycles. The Morgan fingerprint density at radius 1 is 1.29 bits per heavy atom. The predicted octanol–water partition coefficient (Wildman–Crippen LogP) is 1.30. The quantitative estimate of drug-likeness (QED) is 0.526. The lowest BCUT2D eigenvalue weighted by Crippen LogP contribution is -2.44. The first-order valence-electron chi connectivity index (χ1n) is 10.8. The van der Waals surface area contributed by atoms with E-state index in [1.54, 1.807) is 7.05 Å². The molecule has 9 heteroatoms. The molecule has 2 aromatic rings. The summed E-state index contributed by atoms with van der Waals surface area (Å²) in [7, 11) is 1.61. The van der Waals surface area contributed by atoms with Crippen molar-refractivity contribution in [3.63, 3.8) is 0 Å². The van der Waals surface area contributed by atoms with Crippen molar-refractivity contribution < 1.29 is 4.74 Å². The summed E-state index contributed by atoms with van der Waals surface area (Å²) in [4.78, 5) is 28.6. The number of rotatable bonds is 7. The molecule has 9 nitrogen and oxygen atoms in total. The van der Waals surface area contributed by atoms with Gasteiger partial charge in [-0.25, -0.2) is 4.79 Å². The van der Waals surface area contributed by atoms with Crippen LogP contribution < -0.4 is 21.9 Å². The van der Waals surface area contributed by atoms with Gasteiger partial charge in [-0.1, -0.05) is 11.6 Å². The number of anilines is 1. The van der Waals surface area contributed by atoms with Gasteiger partial charge in [-0.15, -0.1) is 0 Å². The first kappa shape index (κ1) is 22.8. The van der Waals surface area contributed by atoms with E-state index >= 15 is 0 Å². The zero-order valence-electron chi connectivity index (χ0n) is 18.8. The Kier molecular flexibility index (Phi) is 7.03. The molecule has 0 radical (unpaired) electrons. The highest BCUT2D eigenvalue weighted by Gasteiger charge is 2.29. The Morgan fingerprint density at radius 2 is 2.03 bits per heavy atom. The van der Waals surface area contributed by atoms with E-state index in [9.17, 15) is 14.9 Å². The maximum absolute atomic E-state index is 13.5. The summed E-state index contributed by atoms with van der Waals surface area (Å²) in [6.07, 6.45) is 3.85. The number of fused-ring (bicyclic) bond motifs is 1. The number of hydrogen-bond acceptors (Lipinski definition) is 6. The molecular weight excluding hydrogens is 396 g/mol. The third-order valence-electron chi connectivity index (χ3n) is 5.73. The van der Waals surface area contributed by atoms with Crippen LogP contribution in [0, 0.1) is 11.3 Å². The molecule has 2 aromatic heterocycles. The van der Waals surface area contributed by atoms with Crippen LogP contribution in [0.15, 0.2) is 21.2 Å². The molecule has 0 saturated carbocycles. The average molecular weight is 429 g/mol. The molecule has 2 N–H and O–H groups in total. The molecule has 1 atom stereocenters. The van der Waals surface area contributed by atoms with Crippen molar-refractivity contribution in [2.75, 3.05) is 31.2 Å². The fraction of sp³-hybridized carbons (Fsp3) is 0.591. The number of nitrogens with zero attached hydrogens (tertiary/aromatic N) is 5. The zero-order valence-corrected chi connectivity index (χ0v) is 18.8. The Bertz CT molecular complexity index is 1140. The minimum Gasteiger partial charge on any atom is -0.380 e. The van der Waals surface area contributed by atoms with E-state index in [-0.39, 0.29) is 19.2 Å². The van der Waals surface area contributed by atoms with Gasteiger partial charge in [-0.2, -0.15) is 5.26 Å². The number of piperidine rings is 1. The number of nitriles is 1. The van der Waals surface area contributed by atoms with E-state index in [0.29, 0.717) is 42.1 Å². The summed E-state index contributed by atoms with van der Waals surface area (Å²) in [5.41, 5.74) is 7.55. The largest absolute Gasteiger partial charge is 0.380 e. The predicted molar refractivity (Wildman–Crippen MR) is 122 cm³/mol. The number of ether oxygens (including phenoxy) is 1. The topological polar surface area (TPSA) is 111 Å². The zero-order chi connectivity index (χ0) is 22.7. The number of aryl methyl sites for hydroxylation is 1. The lowest BCUT2D eigenvalue weighted by Gasteiger charge is -2.33. The minimum absolute atomic E-state index is 0.00174. The van der Waals surface area contributed by atoms with Crippen molar-refractivity contribution in [2.24, 2.45) is 12.8 Å². The summed E-state index contributed by atoms with van der Waals surface area (Å²) < 4.78 is 9.85. The third kappa shape index (κ3) is 4.31. The van der Waals surface area contributed by atoms with E-state index < -0.39 is 11.2 Å². The number of aromatic nitrogens is 3. The number of allylic oxidation sites excluding steroid dienone is 2. The molecule has 0 aliphatic carbocycles. The standard InChI is InChI=1S/C22H32N6O3/c1-5-31-12-11-28-21(29)19-18(25(4)22(28)30)17(13-23)20(27(19)10-8-15(2)3)26-9-6-7-16(24)14-26/h8,16H,5-7,9-12,14,24H2,1-4H3. The summed E-state index contributed by atoms with van der Waals surface area (Å²) in [6, 6.07) is 2.27. The van der Waals surface area contributed by atoms with Gasteiger partial charge < -0.3 is 19.9 Å². The average Bonchev–Trinajstić information content (AvgIpc) is 3.07. The molecule has 0 spiro atoms. The second kappa shape index (κ2) is 9.54. The second-order valence-corrected chi connectivity index (χ2v) is 8.24. The van der Waals surface area contributed by atoms with E-state index in [1.807, 2.05) is 31.4 Å². The normalized spacial score (nSPS) is 16.5. The van der Waals surface area contributed by atoms with Gasteiger partial charge in [0, 0.05) is 39.3 Å². The van der Waals surface area contributed by atoms with Gasteiger partial charge in [-0.3, -0.25) is 13.9 Å². The fourth-order valence-corrected chi connectivity index (χ4v) is 4.21. The molecule has 3 rings (SSSR count). The SMILES string of the molecule is CCOCCn1c(=O)c2c(c(C#N)c(N3CCCC(N)C3)n2CC=C(C)C)n(C)c1=O. The molecular formula is C22H32N6O3. The van der Waals surface area contributed by atoms with Crippen LogP contribution in [-0.4, -0.2) is 46.0 Å². The first-order valence-corrected chi connectivity index (χ1v) is 10.8. The molecule has 31 heavy (non-hydrogen) atoms. The van der Waals surface area contributed by atoms with Crippen molar-refractivity contribution in [3.8, 4) is 6.07 Å². The van der Waals surface area contributed by atoms with Crippen LogP contribution in [-0.2, 0) is 24.9 Å². The van der Waals surface area contributed by atoms with Gasteiger partial charge in [-0.05, 0) is 33.6 Å². The first-order chi connectivity index (χ1) is 14.8. The van der Waals surface area contributed by atoms with E-state index in [4.69, 9.17) is 10.5 Å². The van der Waals surface area contributed by atoms with Crippen LogP contribution in [0.2, 0.25) is 0 Å². The van der Waals surface area contributed by atoms with E-state index in [1.165, 1.54) is 9.13 Å². The van der Waals surface area contributed by atoms with Gasteiger partial charge in [0.15, 0.2) is 0 Å². The van der Waals surface area contributed by atoms with Gasteiger partial charge in [0.25, 0.3) is 5.56 Å². The van der Waals surface area contributed by atoms with Crippen LogP contribution in [0.3, 0.4) is 0 Å². The number of nitrogens with two attached hydrogens (primary N) is 1. The molecule has 0 amide bonds. The Labute approximate surface area is 181 Å². The number of hydrogen-bond donors (Lipinski definition) is 1. The Hall–Kier alpha value is -2.83. The minimum atomic E-state index is -0.449. The van der Waals surface area contributed by atoms with Crippen LogP contribution in [0.4, 0.5) is 5.82 Å². The highest BCUT2D eigenvalue weighted by atomic mass is 16.5. The lowest BCUT2D eigenvalue weighted by molar-refractivity contribution is 0.137. The van der Waals surface area contributed by atoms with E-state index in [0.717, 1.165) is 25.0 Å². The molecule has 1 saturated heterocycles. The van der Waals surface area contributed by atoms with Crippen LogP contribution in [0.5, 0.6) is 0 Å². The molecule has 3 heterocycles. The van der Waals surface area contributed by atoms with Crippen molar-refractivity contribution in [3.05, 3.63) is 38.1 Å². The maximum Gasteiger partial charge on any atom is 0.331 e. The highest BCUT2D eigenvalue weighted by molar-refractivity contribution is 5.90. The Balaban J connectivity index is 2.35. The monoisotopic (exact) mass is 428 g/mol. The molecule has 168 valence electrons. The van der Waals surface area contributed by atoms with Gasteiger partial charge >= 0.3 is 5.69 Å². The van der Waals surface area contributed by atoms with Gasteiger partial charge in [0.2, 0.25) is 0 Å². The van der Waals surface area contributed by atoms with Gasteiger partial charge in [0.05, 0.1) is 18.7 Å². The van der Waals surface area contributed by atoms with Crippen molar-refractivity contribution in [2.45, 2.75) is 52.7 Å². The summed E-state index contributed by atoms with van der Waals surface area (Å²) in [5.74, 6) is 0.666. The highest BCUT2D eigenvalue weighted by Crippen LogP contribution is 2.32. The van der Waals surface area contributed by atoms with E-state index in [2.05, 4.69) is 11.0 Å². The fourth-order valence-electron chi connectivity index (χ4n) is 4.21.